The van der Waals surface area contributed by atoms with Gasteiger partial charge >= 0.3 is 0 Å². The van der Waals surface area contributed by atoms with Gasteiger partial charge in [-0.25, -0.2) is 0 Å². The zero-order valence-electron chi connectivity index (χ0n) is 9.79. The van der Waals surface area contributed by atoms with Crippen LogP contribution in [0.1, 0.15) is 46.5 Å². The van der Waals surface area contributed by atoms with Crippen molar-refractivity contribution < 1.29 is 0 Å². The highest BCUT2D eigenvalue weighted by Gasteiger charge is 2.20. The SMILES string of the molecule is CC(C)C(N)=NCC1CCCCC1C. The maximum absolute atomic E-state index is 5.83. The highest BCUT2D eigenvalue weighted by Crippen LogP contribution is 2.29. The molecule has 2 nitrogen and oxygen atoms in total. The topological polar surface area (TPSA) is 38.4 Å². The first-order valence-electron chi connectivity index (χ1n) is 5.91. The van der Waals surface area contributed by atoms with E-state index in [-0.39, 0.29) is 0 Å². The van der Waals surface area contributed by atoms with Crippen LogP contribution in [0.15, 0.2) is 4.99 Å². The lowest BCUT2D eigenvalue weighted by Crippen LogP contribution is -2.24. The molecular weight excluding hydrogens is 172 g/mol. The van der Waals surface area contributed by atoms with E-state index in [1.807, 2.05) is 0 Å². The molecule has 14 heavy (non-hydrogen) atoms. The molecule has 0 aliphatic heterocycles. The number of hydrogen-bond acceptors (Lipinski definition) is 1. The van der Waals surface area contributed by atoms with E-state index in [0.29, 0.717) is 5.92 Å². The second-order valence-electron chi connectivity index (χ2n) is 4.94. The minimum Gasteiger partial charge on any atom is -0.387 e. The number of hydrogen-bond donors (Lipinski definition) is 1. The molecular formula is C12H24N2. The molecule has 1 aliphatic rings. The van der Waals surface area contributed by atoms with Crippen LogP contribution in [0.2, 0.25) is 0 Å². The Bertz CT molecular complexity index is 196. The summed E-state index contributed by atoms with van der Waals surface area (Å²) < 4.78 is 0. The van der Waals surface area contributed by atoms with Gasteiger partial charge in [-0.1, -0.05) is 40.0 Å². The van der Waals surface area contributed by atoms with Crippen molar-refractivity contribution in [1.29, 1.82) is 0 Å². The molecule has 0 aromatic carbocycles. The average molecular weight is 196 g/mol. The molecule has 2 heteroatoms. The van der Waals surface area contributed by atoms with E-state index >= 15 is 0 Å². The van der Waals surface area contributed by atoms with E-state index in [4.69, 9.17) is 5.73 Å². The summed E-state index contributed by atoms with van der Waals surface area (Å²) in [4.78, 5) is 4.49. The van der Waals surface area contributed by atoms with Crippen LogP contribution in [0, 0.1) is 17.8 Å². The van der Waals surface area contributed by atoms with Crippen LogP contribution in [0.3, 0.4) is 0 Å². The fraction of sp³-hybridized carbons (Fsp3) is 0.917. The molecule has 0 heterocycles. The summed E-state index contributed by atoms with van der Waals surface area (Å²) >= 11 is 0. The van der Waals surface area contributed by atoms with Gasteiger partial charge in [0.05, 0.1) is 5.84 Å². The molecule has 0 bridgehead atoms. The molecule has 0 radical (unpaired) electrons. The van der Waals surface area contributed by atoms with Gasteiger partial charge in [0.25, 0.3) is 0 Å². The molecule has 1 aliphatic carbocycles. The molecule has 0 amide bonds. The maximum Gasteiger partial charge on any atom is 0.0962 e. The molecule has 0 spiro atoms. The minimum absolute atomic E-state index is 0.397. The van der Waals surface area contributed by atoms with Crippen molar-refractivity contribution in [1.82, 2.24) is 0 Å². The minimum atomic E-state index is 0.397. The molecule has 0 aromatic heterocycles. The fourth-order valence-corrected chi connectivity index (χ4v) is 2.07. The van der Waals surface area contributed by atoms with Crippen LogP contribution in [0.4, 0.5) is 0 Å². The molecule has 1 fully saturated rings. The zero-order valence-corrected chi connectivity index (χ0v) is 9.79. The largest absolute Gasteiger partial charge is 0.387 e. The number of rotatable bonds is 3. The van der Waals surface area contributed by atoms with E-state index in [9.17, 15) is 0 Å². The summed E-state index contributed by atoms with van der Waals surface area (Å²) in [5.74, 6) is 2.84. The van der Waals surface area contributed by atoms with E-state index < -0.39 is 0 Å². The molecule has 1 rings (SSSR count). The van der Waals surface area contributed by atoms with Crippen molar-refractivity contribution in [2.75, 3.05) is 6.54 Å². The van der Waals surface area contributed by atoms with Crippen LogP contribution < -0.4 is 5.73 Å². The van der Waals surface area contributed by atoms with Gasteiger partial charge in [-0.3, -0.25) is 4.99 Å². The smallest absolute Gasteiger partial charge is 0.0962 e. The third-order valence-corrected chi connectivity index (χ3v) is 3.39. The van der Waals surface area contributed by atoms with E-state index in [1.165, 1.54) is 25.7 Å². The molecule has 2 N–H and O–H groups in total. The Morgan fingerprint density at radius 2 is 2.00 bits per heavy atom. The van der Waals surface area contributed by atoms with Crippen molar-refractivity contribution in [3.8, 4) is 0 Å². The van der Waals surface area contributed by atoms with Gasteiger partial charge < -0.3 is 5.73 Å². The Balaban J connectivity index is 2.39. The van der Waals surface area contributed by atoms with Crippen molar-refractivity contribution in [2.45, 2.75) is 46.5 Å². The summed E-state index contributed by atoms with van der Waals surface area (Å²) in [5.41, 5.74) is 5.83. The summed E-state index contributed by atoms with van der Waals surface area (Å²) in [5, 5.41) is 0. The summed E-state index contributed by atoms with van der Waals surface area (Å²) in [6.07, 6.45) is 5.50. The summed E-state index contributed by atoms with van der Waals surface area (Å²) in [6, 6.07) is 0. The molecule has 2 unspecified atom stereocenters. The quantitative estimate of drug-likeness (QED) is 0.547. The number of amidine groups is 1. The van der Waals surface area contributed by atoms with Crippen LogP contribution in [-0.4, -0.2) is 12.4 Å². The number of aliphatic imine (C=N–C) groups is 1. The number of nitrogens with two attached hydrogens (primary N) is 1. The second kappa shape index (κ2) is 5.38. The normalized spacial score (nSPS) is 29.6. The standard InChI is InChI=1S/C12H24N2/c1-9(2)12(13)14-8-11-7-5-4-6-10(11)3/h9-11H,4-8H2,1-3H3,(H2,13,14). The number of nitrogens with zero attached hydrogens (tertiary/aromatic N) is 1. The van der Waals surface area contributed by atoms with Crippen LogP contribution in [0.25, 0.3) is 0 Å². The van der Waals surface area contributed by atoms with Gasteiger partial charge in [0.1, 0.15) is 0 Å². The van der Waals surface area contributed by atoms with Gasteiger partial charge in [-0.2, -0.15) is 0 Å². The monoisotopic (exact) mass is 196 g/mol. The van der Waals surface area contributed by atoms with Crippen LogP contribution in [-0.2, 0) is 0 Å². The first-order valence-corrected chi connectivity index (χ1v) is 5.91. The Morgan fingerprint density at radius 1 is 1.36 bits per heavy atom. The van der Waals surface area contributed by atoms with Crippen molar-refractivity contribution in [3.63, 3.8) is 0 Å². The van der Waals surface area contributed by atoms with E-state index in [1.54, 1.807) is 0 Å². The lowest BCUT2D eigenvalue weighted by atomic mass is 9.80. The molecule has 1 saturated carbocycles. The Labute approximate surface area is 88.0 Å². The summed E-state index contributed by atoms with van der Waals surface area (Å²) in [7, 11) is 0. The predicted molar refractivity (Wildman–Crippen MR) is 62.4 cm³/mol. The first-order chi connectivity index (χ1) is 6.61. The third-order valence-electron chi connectivity index (χ3n) is 3.39. The molecule has 0 aromatic rings. The van der Waals surface area contributed by atoms with Crippen molar-refractivity contribution in [2.24, 2.45) is 28.5 Å². The van der Waals surface area contributed by atoms with Crippen LogP contribution >= 0.6 is 0 Å². The predicted octanol–water partition coefficient (Wildman–Crippen LogP) is 2.83. The van der Waals surface area contributed by atoms with Gasteiger partial charge in [-0.15, -0.1) is 0 Å². The highest BCUT2D eigenvalue weighted by molar-refractivity contribution is 5.82. The van der Waals surface area contributed by atoms with Crippen molar-refractivity contribution in [3.05, 3.63) is 0 Å². The second-order valence-corrected chi connectivity index (χ2v) is 4.94. The van der Waals surface area contributed by atoms with Crippen LogP contribution in [0.5, 0.6) is 0 Å². The lowest BCUT2D eigenvalue weighted by Gasteiger charge is -2.27. The maximum atomic E-state index is 5.83. The van der Waals surface area contributed by atoms with E-state index in [0.717, 1.165) is 24.2 Å². The first kappa shape index (κ1) is 11.5. The van der Waals surface area contributed by atoms with Gasteiger partial charge in [-0.05, 0) is 18.3 Å². The Kier molecular flexibility index (Phi) is 4.43. The van der Waals surface area contributed by atoms with E-state index in [2.05, 4.69) is 25.8 Å². The Morgan fingerprint density at radius 3 is 2.57 bits per heavy atom. The zero-order chi connectivity index (χ0) is 10.6. The van der Waals surface area contributed by atoms with Gasteiger partial charge in [0, 0.05) is 12.5 Å². The van der Waals surface area contributed by atoms with Gasteiger partial charge in [0.15, 0.2) is 0 Å². The summed E-state index contributed by atoms with van der Waals surface area (Å²) in [6.45, 7) is 7.50. The molecule has 82 valence electrons. The molecule has 0 saturated heterocycles. The Hall–Kier alpha value is -0.530. The van der Waals surface area contributed by atoms with Gasteiger partial charge in [0.2, 0.25) is 0 Å². The average Bonchev–Trinajstić information content (AvgIpc) is 2.16. The third kappa shape index (κ3) is 3.32. The fourth-order valence-electron chi connectivity index (χ4n) is 2.07. The molecule has 2 atom stereocenters. The van der Waals surface area contributed by atoms with Crippen molar-refractivity contribution >= 4 is 5.84 Å². The highest BCUT2D eigenvalue weighted by atomic mass is 14.9. The lowest BCUT2D eigenvalue weighted by molar-refractivity contribution is 0.263.